The molecule has 2 unspecified atom stereocenters. The van der Waals surface area contributed by atoms with E-state index in [1.807, 2.05) is 33.8 Å². The lowest BCUT2D eigenvalue weighted by atomic mass is 10.0. The Morgan fingerprint density at radius 2 is 1.91 bits per heavy atom. The number of aromatic nitrogens is 1. The number of ether oxygens (including phenoxy) is 1. The van der Waals surface area contributed by atoms with Gasteiger partial charge in [0.1, 0.15) is 28.0 Å². The first-order valence-electron chi connectivity index (χ1n) is 11.0. The highest BCUT2D eigenvalue weighted by Gasteiger charge is 2.59. The number of nitrogens with zero attached hydrogens (tertiary/aromatic N) is 3. The van der Waals surface area contributed by atoms with Crippen molar-refractivity contribution >= 4 is 23.2 Å². The fourth-order valence-electron chi connectivity index (χ4n) is 4.00. The van der Waals surface area contributed by atoms with Crippen molar-refractivity contribution in [2.75, 3.05) is 13.1 Å². The van der Waals surface area contributed by atoms with Gasteiger partial charge in [-0.2, -0.15) is 0 Å². The largest absolute Gasteiger partial charge is 0.591 e. The van der Waals surface area contributed by atoms with Crippen molar-refractivity contribution in [2.45, 2.75) is 45.0 Å². The van der Waals surface area contributed by atoms with Crippen molar-refractivity contribution in [3.63, 3.8) is 0 Å². The van der Waals surface area contributed by atoms with Gasteiger partial charge >= 0.3 is 6.09 Å². The van der Waals surface area contributed by atoms with Crippen LogP contribution in [0.1, 0.15) is 39.7 Å². The Morgan fingerprint density at radius 1 is 1.27 bits per heavy atom. The maximum Gasteiger partial charge on any atom is 0.407 e. The van der Waals surface area contributed by atoms with Crippen LogP contribution in [0.3, 0.4) is 0 Å². The van der Waals surface area contributed by atoms with E-state index in [2.05, 4.69) is 9.38 Å². The van der Waals surface area contributed by atoms with Gasteiger partial charge in [0.2, 0.25) is 5.88 Å². The van der Waals surface area contributed by atoms with Crippen molar-refractivity contribution in [2.24, 2.45) is 16.2 Å². The SMILES string of the molecule is CC/C(=N/[S+]([O-])C(C)(C)C)c1cc(OC2[C@H]3CN(C(=O)O)C[C@@H]23)nc(-c2ccc(F)cc2)c1. The van der Waals surface area contributed by atoms with E-state index in [9.17, 15) is 18.8 Å². The summed E-state index contributed by atoms with van der Waals surface area (Å²) >= 11 is -1.42. The van der Waals surface area contributed by atoms with Gasteiger partial charge in [0.15, 0.2) is 0 Å². The van der Waals surface area contributed by atoms with Crippen molar-refractivity contribution in [1.82, 2.24) is 9.88 Å². The van der Waals surface area contributed by atoms with E-state index in [-0.39, 0.29) is 23.8 Å². The number of halogens is 1. The Kier molecular flexibility index (Phi) is 6.37. The number of pyridine rings is 1. The number of carboxylic acid groups (broad SMARTS) is 1. The number of benzene rings is 1. The molecule has 2 aromatic rings. The number of hydrogen-bond acceptors (Lipinski definition) is 5. The van der Waals surface area contributed by atoms with Crippen LogP contribution < -0.4 is 4.74 Å². The molecule has 1 saturated heterocycles. The molecule has 0 radical (unpaired) electrons. The van der Waals surface area contributed by atoms with Crippen LogP contribution in [-0.2, 0) is 11.4 Å². The normalized spacial score (nSPS) is 23.3. The van der Waals surface area contributed by atoms with Gasteiger partial charge < -0.3 is 19.3 Å². The summed E-state index contributed by atoms with van der Waals surface area (Å²) in [5.41, 5.74) is 2.75. The van der Waals surface area contributed by atoms with Gasteiger partial charge in [-0.15, -0.1) is 0 Å². The van der Waals surface area contributed by atoms with E-state index in [4.69, 9.17) is 4.74 Å². The molecule has 33 heavy (non-hydrogen) atoms. The topological polar surface area (TPSA) is 98.1 Å². The molecular weight excluding hydrogens is 445 g/mol. The van der Waals surface area contributed by atoms with Crippen LogP contribution in [0.25, 0.3) is 11.3 Å². The summed E-state index contributed by atoms with van der Waals surface area (Å²) in [6.07, 6.45) is -0.429. The predicted molar refractivity (Wildman–Crippen MR) is 125 cm³/mol. The van der Waals surface area contributed by atoms with E-state index >= 15 is 0 Å². The zero-order valence-corrected chi connectivity index (χ0v) is 19.9. The second kappa shape index (κ2) is 8.95. The number of fused-ring (bicyclic) bond motifs is 1. The highest BCUT2D eigenvalue weighted by Crippen LogP contribution is 2.47. The minimum atomic E-state index is -1.42. The minimum Gasteiger partial charge on any atom is -0.591 e. The Morgan fingerprint density at radius 3 is 2.45 bits per heavy atom. The standard InChI is InChI=1S/C24H28FN3O4S/c1-5-19(27-33(31)24(2,3)4)15-10-20(14-6-8-16(25)9-7-14)26-21(11-15)32-22-17-12-28(23(29)30)13-18(17)22/h6-11,17-18,22H,5,12-13H2,1-4H3,(H,29,30)/b27-19-/t17-,18+,22?,33?. The molecule has 2 heterocycles. The summed E-state index contributed by atoms with van der Waals surface area (Å²) < 4.78 is 36.3. The molecule has 1 aliphatic carbocycles. The molecule has 1 aliphatic heterocycles. The van der Waals surface area contributed by atoms with Crippen molar-refractivity contribution in [1.29, 1.82) is 0 Å². The van der Waals surface area contributed by atoms with Gasteiger partial charge in [-0.05, 0) is 57.5 Å². The van der Waals surface area contributed by atoms with Gasteiger partial charge in [-0.3, -0.25) is 0 Å². The third kappa shape index (κ3) is 5.14. The van der Waals surface area contributed by atoms with Gasteiger partial charge in [0.05, 0.1) is 11.4 Å². The molecule has 2 aliphatic rings. The third-order valence-corrected chi connectivity index (χ3v) is 7.40. The number of hydrogen-bond donors (Lipinski definition) is 1. The third-order valence-electron chi connectivity index (χ3n) is 5.97. The summed E-state index contributed by atoms with van der Waals surface area (Å²) in [7, 11) is 0. The average molecular weight is 474 g/mol. The Labute approximate surface area is 196 Å². The molecule has 1 amide bonds. The number of piperidine rings is 1. The van der Waals surface area contributed by atoms with E-state index in [1.54, 1.807) is 18.2 Å². The molecule has 0 spiro atoms. The number of rotatable bonds is 6. The van der Waals surface area contributed by atoms with Crippen LogP contribution in [0.4, 0.5) is 9.18 Å². The monoisotopic (exact) mass is 473 g/mol. The number of amides is 1. The van der Waals surface area contributed by atoms with Crippen molar-refractivity contribution in [3.8, 4) is 17.1 Å². The van der Waals surface area contributed by atoms with Gasteiger partial charge in [0, 0.05) is 42.1 Å². The Hall–Kier alpha value is -2.65. The first-order chi connectivity index (χ1) is 15.6. The second-order valence-electron chi connectivity index (χ2n) is 9.44. The van der Waals surface area contributed by atoms with E-state index < -0.39 is 22.2 Å². The summed E-state index contributed by atoms with van der Waals surface area (Å²) in [6, 6.07) is 9.69. The van der Waals surface area contributed by atoms with Gasteiger partial charge in [-0.1, -0.05) is 11.3 Å². The maximum absolute atomic E-state index is 13.5. The minimum absolute atomic E-state index is 0.0878. The van der Waals surface area contributed by atoms with Gasteiger partial charge in [-0.25, -0.2) is 14.2 Å². The lowest BCUT2D eigenvalue weighted by Gasteiger charge is -2.20. The maximum atomic E-state index is 13.5. The highest BCUT2D eigenvalue weighted by molar-refractivity contribution is 7.91. The molecule has 4 rings (SSSR count). The molecule has 1 saturated carbocycles. The fourth-order valence-corrected chi connectivity index (χ4v) is 4.71. The molecule has 1 aromatic carbocycles. The van der Waals surface area contributed by atoms with Crippen LogP contribution in [0.15, 0.2) is 40.8 Å². The molecular formula is C24H28FN3O4S. The quantitative estimate of drug-likeness (QED) is 0.491. The van der Waals surface area contributed by atoms with Crippen LogP contribution in [0.2, 0.25) is 0 Å². The zero-order valence-electron chi connectivity index (χ0n) is 19.1. The molecule has 0 bridgehead atoms. The lowest BCUT2D eigenvalue weighted by Crippen LogP contribution is -2.31. The van der Waals surface area contributed by atoms with Gasteiger partial charge in [0.25, 0.3) is 0 Å². The van der Waals surface area contributed by atoms with E-state index in [1.165, 1.54) is 17.0 Å². The number of likely N-dealkylation sites (tertiary alicyclic amines) is 1. The molecule has 9 heteroatoms. The second-order valence-corrected chi connectivity index (χ2v) is 11.3. The average Bonchev–Trinajstić information content (AvgIpc) is 3.18. The smallest absolute Gasteiger partial charge is 0.407 e. The fraction of sp³-hybridized carbons (Fsp3) is 0.458. The summed E-state index contributed by atoms with van der Waals surface area (Å²) in [6.45, 7) is 8.48. The molecule has 7 nitrogen and oxygen atoms in total. The molecule has 1 aromatic heterocycles. The number of carbonyl (C=O) groups is 1. The zero-order chi connectivity index (χ0) is 23.9. The lowest BCUT2D eigenvalue weighted by molar-refractivity contribution is 0.139. The summed E-state index contributed by atoms with van der Waals surface area (Å²) in [5.74, 6) is 0.384. The first kappa shape index (κ1) is 23.5. The van der Waals surface area contributed by atoms with Crippen LogP contribution in [0.5, 0.6) is 5.88 Å². The summed E-state index contributed by atoms with van der Waals surface area (Å²) in [5, 5.41) is 9.17. The van der Waals surface area contributed by atoms with E-state index in [0.29, 0.717) is 36.8 Å². The van der Waals surface area contributed by atoms with Crippen LogP contribution in [-0.4, -0.2) is 55.3 Å². The molecule has 176 valence electrons. The van der Waals surface area contributed by atoms with Crippen LogP contribution in [0, 0.1) is 17.7 Å². The summed E-state index contributed by atoms with van der Waals surface area (Å²) in [4.78, 5) is 17.2. The molecule has 2 fully saturated rings. The molecule has 1 N–H and O–H groups in total. The Balaban J connectivity index is 1.65. The van der Waals surface area contributed by atoms with Crippen LogP contribution >= 0.6 is 0 Å². The highest BCUT2D eigenvalue weighted by atomic mass is 32.2. The van der Waals surface area contributed by atoms with Crippen molar-refractivity contribution < 1.29 is 23.6 Å². The first-order valence-corrected chi connectivity index (χ1v) is 12.1. The molecule has 4 atom stereocenters. The predicted octanol–water partition coefficient (Wildman–Crippen LogP) is 4.54. The van der Waals surface area contributed by atoms with Crippen molar-refractivity contribution in [3.05, 3.63) is 47.8 Å². The van der Waals surface area contributed by atoms with E-state index in [0.717, 1.165) is 11.1 Å². The Bertz CT molecular complexity index is 1060.